The van der Waals surface area contributed by atoms with Crippen LogP contribution in [0.5, 0.6) is 0 Å². The molecule has 20 heavy (non-hydrogen) atoms. The van der Waals surface area contributed by atoms with E-state index in [9.17, 15) is 9.59 Å². The highest BCUT2D eigenvalue weighted by Gasteiger charge is 2.26. The number of benzene rings is 1. The third kappa shape index (κ3) is 3.73. The van der Waals surface area contributed by atoms with E-state index >= 15 is 0 Å². The number of carbonyl (C=O) groups is 2. The summed E-state index contributed by atoms with van der Waals surface area (Å²) in [6.07, 6.45) is 0.723. The van der Waals surface area contributed by atoms with E-state index in [1.165, 1.54) is 0 Å². The molecule has 5 nitrogen and oxygen atoms in total. The van der Waals surface area contributed by atoms with Crippen LogP contribution in [0, 0.1) is 0 Å². The largest absolute Gasteiger partial charge is 0.444 e. The summed E-state index contributed by atoms with van der Waals surface area (Å²) in [6, 6.07) is 7.08. The second-order valence-corrected chi connectivity index (χ2v) is 5.88. The second kappa shape index (κ2) is 5.53. The fourth-order valence-electron chi connectivity index (χ4n) is 2.10. The van der Waals surface area contributed by atoms with E-state index in [0.29, 0.717) is 6.42 Å². The molecule has 0 unspecified atom stereocenters. The van der Waals surface area contributed by atoms with Gasteiger partial charge in [-0.3, -0.25) is 4.79 Å². The van der Waals surface area contributed by atoms with Crippen LogP contribution >= 0.6 is 0 Å². The zero-order valence-electron chi connectivity index (χ0n) is 12.0. The first-order chi connectivity index (χ1) is 9.35. The molecule has 0 saturated heterocycles. The van der Waals surface area contributed by atoms with Gasteiger partial charge in [0.25, 0.3) is 0 Å². The number of fused-ring (bicyclic) bond motifs is 1. The molecule has 0 aliphatic carbocycles. The van der Waals surface area contributed by atoms with Gasteiger partial charge in [0.15, 0.2) is 0 Å². The summed E-state index contributed by atoms with van der Waals surface area (Å²) >= 11 is 0. The number of nitrogens with one attached hydrogen (secondary N) is 2. The van der Waals surface area contributed by atoms with Gasteiger partial charge in [-0.25, -0.2) is 4.79 Å². The summed E-state index contributed by atoms with van der Waals surface area (Å²) in [4.78, 5) is 23.8. The maximum absolute atomic E-state index is 12.1. The van der Waals surface area contributed by atoms with E-state index < -0.39 is 17.7 Å². The molecule has 2 amide bonds. The first-order valence-corrected chi connectivity index (χ1v) is 6.73. The molecule has 1 atom stereocenters. The molecule has 1 aliphatic heterocycles. The van der Waals surface area contributed by atoms with E-state index in [4.69, 9.17) is 4.74 Å². The van der Waals surface area contributed by atoms with Crippen molar-refractivity contribution in [3.8, 4) is 0 Å². The molecule has 0 radical (unpaired) electrons. The summed E-state index contributed by atoms with van der Waals surface area (Å²) < 4.78 is 5.18. The summed E-state index contributed by atoms with van der Waals surface area (Å²) in [5, 5.41) is 5.46. The molecule has 1 heterocycles. The Morgan fingerprint density at radius 1 is 1.40 bits per heavy atom. The topological polar surface area (TPSA) is 67.4 Å². The van der Waals surface area contributed by atoms with Gasteiger partial charge >= 0.3 is 6.09 Å². The Morgan fingerprint density at radius 2 is 2.10 bits per heavy atom. The lowest BCUT2D eigenvalue weighted by atomic mass is 10.1. The lowest BCUT2D eigenvalue weighted by Gasteiger charge is -2.22. The minimum atomic E-state index is -0.575. The smallest absolute Gasteiger partial charge is 0.408 e. The number of para-hydroxylation sites is 1. The zero-order valence-corrected chi connectivity index (χ0v) is 12.0. The van der Waals surface area contributed by atoms with Crippen molar-refractivity contribution in [2.24, 2.45) is 0 Å². The number of hydrogen-bond acceptors (Lipinski definition) is 3. The standard InChI is InChI=1S/C15H20N2O3.2H2/c1-15(2,3)20-14(19)17-12-9-8-10-6-4-5-7-11(10)16-13(12)18;;/h4-7,12H,8-9H2,1-3H3,(H,16,18)(H,17,19);2*1H/t12-;;/m1../s1. The van der Waals surface area contributed by atoms with Gasteiger partial charge in [0.2, 0.25) is 5.91 Å². The van der Waals surface area contributed by atoms with Crippen molar-refractivity contribution in [3.63, 3.8) is 0 Å². The molecule has 0 aromatic heterocycles. The van der Waals surface area contributed by atoms with Gasteiger partial charge in [0, 0.05) is 8.54 Å². The van der Waals surface area contributed by atoms with Crippen LogP contribution in [0.15, 0.2) is 24.3 Å². The molecule has 0 spiro atoms. The number of rotatable bonds is 1. The van der Waals surface area contributed by atoms with Crippen LogP contribution in [-0.2, 0) is 16.0 Å². The molecule has 2 rings (SSSR count). The summed E-state index contributed by atoms with van der Waals surface area (Å²) in [7, 11) is 0. The molecular weight excluding hydrogens is 256 g/mol. The Balaban J connectivity index is 0.00000220. The number of aryl methyl sites for hydroxylation is 1. The van der Waals surface area contributed by atoms with Crippen LogP contribution < -0.4 is 10.6 Å². The predicted molar refractivity (Wildman–Crippen MR) is 80.8 cm³/mol. The highest BCUT2D eigenvalue weighted by atomic mass is 16.6. The summed E-state index contributed by atoms with van der Waals surface area (Å²) in [5.74, 6) is -0.208. The van der Waals surface area contributed by atoms with Crippen LogP contribution in [-0.4, -0.2) is 23.6 Å². The Labute approximate surface area is 121 Å². The van der Waals surface area contributed by atoms with Crippen molar-refractivity contribution in [2.75, 3.05) is 5.32 Å². The van der Waals surface area contributed by atoms with E-state index in [2.05, 4.69) is 10.6 Å². The third-order valence-corrected chi connectivity index (χ3v) is 2.99. The monoisotopic (exact) mass is 280 g/mol. The summed E-state index contributed by atoms with van der Waals surface area (Å²) in [5.41, 5.74) is 1.31. The summed E-state index contributed by atoms with van der Waals surface area (Å²) in [6.45, 7) is 5.36. The van der Waals surface area contributed by atoms with Crippen molar-refractivity contribution in [1.82, 2.24) is 5.32 Å². The van der Waals surface area contributed by atoms with E-state index in [1.807, 2.05) is 24.3 Å². The normalized spacial score (nSPS) is 18.6. The van der Waals surface area contributed by atoms with Crippen molar-refractivity contribution < 1.29 is 17.2 Å². The van der Waals surface area contributed by atoms with Gasteiger partial charge in [-0.05, 0) is 45.2 Å². The van der Waals surface area contributed by atoms with Gasteiger partial charge in [-0.1, -0.05) is 18.2 Å². The molecule has 2 N–H and O–H groups in total. The molecular formula is C15H24N2O3. The molecule has 0 saturated carbocycles. The van der Waals surface area contributed by atoms with Crippen molar-refractivity contribution >= 4 is 17.7 Å². The number of ether oxygens (including phenoxy) is 1. The van der Waals surface area contributed by atoms with Gasteiger partial charge in [-0.2, -0.15) is 0 Å². The SMILES string of the molecule is CC(C)(C)OC(=O)N[C@@H]1CCc2ccccc2NC1=O.[HH].[HH]. The van der Waals surface area contributed by atoms with Crippen molar-refractivity contribution in [2.45, 2.75) is 45.3 Å². The molecule has 1 aromatic rings. The fraction of sp³-hybridized carbons (Fsp3) is 0.467. The third-order valence-electron chi connectivity index (χ3n) is 2.99. The van der Waals surface area contributed by atoms with E-state index in [-0.39, 0.29) is 8.76 Å². The van der Waals surface area contributed by atoms with E-state index in [0.717, 1.165) is 17.7 Å². The number of amides is 2. The van der Waals surface area contributed by atoms with Gasteiger partial charge in [0.05, 0.1) is 0 Å². The first kappa shape index (κ1) is 14.4. The molecule has 1 aliphatic rings. The van der Waals surface area contributed by atoms with Crippen LogP contribution in [0.2, 0.25) is 0 Å². The quantitative estimate of drug-likeness (QED) is 0.831. The lowest BCUT2D eigenvalue weighted by molar-refractivity contribution is -0.118. The highest BCUT2D eigenvalue weighted by molar-refractivity contribution is 5.97. The highest BCUT2D eigenvalue weighted by Crippen LogP contribution is 2.21. The first-order valence-electron chi connectivity index (χ1n) is 6.73. The number of anilines is 1. The minimum absolute atomic E-state index is 0. The van der Waals surface area contributed by atoms with Crippen LogP contribution in [0.4, 0.5) is 10.5 Å². The molecule has 0 fully saturated rings. The van der Waals surface area contributed by atoms with Crippen LogP contribution in [0.3, 0.4) is 0 Å². The van der Waals surface area contributed by atoms with Crippen molar-refractivity contribution in [3.05, 3.63) is 29.8 Å². The fourth-order valence-corrected chi connectivity index (χ4v) is 2.10. The average molecular weight is 280 g/mol. The zero-order chi connectivity index (χ0) is 14.8. The molecule has 112 valence electrons. The number of carbonyl (C=O) groups excluding carboxylic acids is 2. The Kier molecular flexibility index (Phi) is 3.97. The Hall–Kier alpha value is -2.04. The number of alkyl carbamates (subject to hydrolysis) is 1. The lowest BCUT2D eigenvalue weighted by Crippen LogP contribution is -2.45. The Morgan fingerprint density at radius 3 is 2.80 bits per heavy atom. The van der Waals surface area contributed by atoms with E-state index in [1.54, 1.807) is 20.8 Å². The molecule has 1 aromatic carbocycles. The van der Waals surface area contributed by atoms with Crippen molar-refractivity contribution in [1.29, 1.82) is 0 Å². The molecule has 5 heteroatoms. The Bertz CT molecular complexity index is 530. The maximum atomic E-state index is 12.1. The van der Waals surface area contributed by atoms with Crippen LogP contribution in [0.25, 0.3) is 0 Å². The minimum Gasteiger partial charge on any atom is -0.444 e. The number of hydrogen-bond donors (Lipinski definition) is 2. The van der Waals surface area contributed by atoms with Gasteiger partial charge < -0.3 is 15.4 Å². The van der Waals surface area contributed by atoms with Gasteiger partial charge in [-0.15, -0.1) is 0 Å². The average Bonchev–Trinajstić information content (AvgIpc) is 2.47. The second-order valence-electron chi connectivity index (χ2n) is 5.88. The van der Waals surface area contributed by atoms with Gasteiger partial charge in [0.1, 0.15) is 11.6 Å². The molecule has 0 bridgehead atoms. The van der Waals surface area contributed by atoms with Crippen LogP contribution in [0.1, 0.15) is 35.6 Å². The predicted octanol–water partition coefficient (Wildman–Crippen LogP) is 2.96. The maximum Gasteiger partial charge on any atom is 0.408 e.